The summed E-state index contributed by atoms with van der Waals surface area (Å²) in [6, 6.07) is 0. The summed E-state index contributed by atoms with van der Waals surface area (Å²) in [4.78, 5) is 14.6. The molecule has 1 heterocycles. The van der Waals surface area contributed by atoms with Crippen LogP contribution in [0.4, 0.5) is 0 Å². The van der Waals surface area contributed by atoms with Gasteiger partial charge in [-0.1, -0.05) is 0 Å². The lowest BCUT2D eigenvalue weighted by Crippen LogP contribution is -2.22. The number of aromatic nitrogens is 2. The zero-order valence-corrected chi connectivity index (χ0v) is 9.89. The average Bonchev–Trinajstić information content (AvgIpc) is 2.56. The first kappa shape index (κ1) is 12.2. The molecule has 0 saturated heterocycles. The smallest absolute Gasteiger partial charge is 0.372 e. The zero-order chi connectivity index (χ0) is 11.4. The molecule has 0 amide bonds. The van der Waals surface area contributed by atoms with Gasteiger partial charge in [0.25, 0.3) is 0 Å². The van der Waals surface area contributed by atoms with Gasteiger partial charge in [-0.15, -0.1) is 0 Å². The Hall–Kier alpha value is -0.920. The minimum atomic E-state index is -1.09. The van der Waals surface area contributed by atoms with E-state index < -0.39 is 12.3 Å². The van der Waals surface area contributed by atoms with E-state index >= 15 is 0 Å². The van der Waals surface area contributed by atoms with Gasteiger partial charge in [-0.2, -0.15) is 0 Å². The fourth-order valence-electron chi connectivity index (χ4n) is 1.10. The molecule has 0 spiro atoms. The molecule has 6 nitrogen and oxygen atoms in total. The Labute approximate surface area is 94.9 Å². The van der Waals surface area contributed by atoms with E-state index in [1.54, 1.807) is 6.20 Å². The molecule has 0 aliphatic heterocycles. The average molecular weight is 279 g/mol. The molecular formula is C8H11BrN2O4. The normalized spacial score (nSPS) is 10.9. The second kappa shape index (κ2) is 5.24. The van der Waals surface area contributed by atoms with Gasteiger partial charge in [-0.25, -0.2) is 9.78 Å². The zero-order valence-electron chi connectivity index (χ0n) is 8.31. The maximum absolute atomic E-state index is 10.8. The summed E-state index contributed by atoms with van der Waals surface area (Å²) in [6.45, 7) is 0.271. The van der Waals surface area contributed by atoms with Gasteiger partial charge in [0.2, 0.25) is 5.82 Å². The van der Waals surface area contributed by atoms with Crippen LogP contribution < -0.4 is 0 Å². The molecule has 0 aliphatic rings. The van der Waals surface area contributed by atoms with Crippen LogP contribution in [-0.4, -0.2) is 41.1 Å². The molecule has 1 aromatic heterocycles. The van der Waals surface area contributed by atoms with Gasteiger partial charge < -0.3 is 19.1 Å². The van der Waals surface area contributed by atoms with Crippen molar-refractivity contribution in [3.63, 3.8) is 0 Å². The molecule has 1 rings (SSSR count). The largest absolute Gasteiger partial charge is 0.475 e. The Balaban J connectivity index is 2.88. The number of aromatic carboxylic acids is 1. The van der Waals surface area contributed by atoms with Crippen molar-refractivity contribution >= 4 is 21.9 Å². The predicted molar refractivity (Wildman–Crippen MR) is 54.7 cm³/mol. The molecule has 0 saturated carbocycles. The van der Waals surface area contributed by atoms with Crippen LogP contribution in [0.15, 0.2) is 10.8 Å². The quantitative estimate of drug-likeness (QED) is 0.813. The van der Waals surface area contributed by atoms with Crippen molar-refractivity contribution in [1.29, 1.82) is 0 Å². The Morgan fingerprint density at radius 1 is 1.67 bits per heavy atom. The summed E-state index contributed by atoms with van der Waals surface area (Å²) in [5.74, 6) is -1.15. The highest BCUT2D eigenvalue weighted by Crippen LogP contribution is 2.11. The van der Waals surface area contributed by atoms with Crippen LogP contribution in [-0.2, 0) is 16.0 Å². The lowest BCUT2D eigenvalue weighted by atomic mass is 10.5. The third kappa shape index (κ3) is 3.01. The van der Waals surface area contributed by atoms with Crippen molar-refractivity contribution in [2.45, 2.75) is 12.8 Å². The van der Waals surface area contributed by atoms with Gasteiger partial charge in [0.15, 0.2) is 6.29 Å². The Bertz CT molecular complexity index is 348. The fourth-order valence-corrected chi connectivity index (χ4v) is 1.51. The molecule has 0 aliphatic carbocycles. The molecule has 0 atom stereocenters. The highest BCUT2D eigenvalue weighted by Gasteiger charge is 2.16. The number of carboxylic acid groups (broad SMARTS) is 1. The highest BCUT2D eigenvalue weighted by atomic mass is 79.9. The van der Waals surface area contributed by atoms with Crippen LogP contribution in [0.5, 0.6) is 0 Å². The summed E-state index contributed by atoms with van der Waals surface area (Å²) in [6.07, 6.45) is 1.07. The van der Waals surface area contributed by atoms with Crippen molar-refractivity contribution in [3.8, 4) is 0 Å². The van der Waals surface area contributed by atoms with E-state index in [0.29, 0.717) is 4.60 Å². The van der Waals surface area contributed by atoms with Crippen LogP contribution in [0.3, 0.4) is 0 Å². The minimum Gasteiger partial charge on any atom is -0.475 e. The summed E-state index contributed by atoms with van der Waals surface area (Å²) in [5, 5.41) is 8.85. The molecule has 1 N–H and O–H groups in total. The number of carboxylic acids is 1. The van der Waals surface area contributed by atoms with Gasteiger partial charge in [0, 0.05) is 20.4 Å². The minimum absolute atomic E-state index is 0.0547. The molecule has 15 heavy (non-hydrogen) atoms. The molecule has 0 fully saturated rings. The summed E-state index contributed by atoms with van der Waals surface area (Å²) in [7, 11) is 2.97. The van der Waals surface area contributed by atoms with Gasteiger partial charge >= 0.3 is 5.97 Å². The number of imidazole rings is 1. The number of hydrogen-bond acceptors (Lipinski definition) is 4. The fraction of sp³-hybridized carbons (Fsp3) is 0.500. The maximum Gasteiger partial charge on any atom is 0.372 e. The van der Waals surface area contributed by atoms with Gasteiger partial charge in [0.1, 0.15) is 4.60 Å². The highest BCUT2D eigenvalue weighted by molar-refractivity contribution is 9.10. The molecular weight excluding hydrogens is 268 g/mol. The van der Waals surface area contributed by atoms with Crippen molar-refractivity contribution in [3.05, 3.63) is 16.6 Å². The predicted octanol–water partition coefficient (Wildman–Crippen LogP) is 0.963. The first-order chi connectivity index (χ1) is 7.08. The number of rotatable bonds is 5. The topological polar surface area (TPSA) is 73.6 Å². The summed E-state index contributed by atoms with van der Waals surface area (Å²) in [5.41, 5.74) is 0. The molecule has 0 aromatic carbocycles. The van der Waals surface area contributed by atoms with Crippen LogP contribution >= 0.6 is 15.9 Å². The number of ether oxygens (including phenoxy) is 2. The molecule has 0 bridgehead atoms. The lowest BCUT2D eigenvalue weighted by Gasteiger charge is -2.14. The van der Waals surface area contributed by atoms with E-state index in [0.717, 1.165) is 0 Å². The Kier molecular flexibility index (Phi) is 4.25. The van der Waals surface area contributed by atoms with Crippen LogP contribution in [0.25, 0.3) is 0 Å². The molecule has 84 valence electrons. The van der Waals surface area contributed by atoms with Gasteiger partial charge in [0.05, 0.1) is 6.54 Å². The Morgan fingerprint density at radius 3 is 2.73 bits per heavy atom. The van der Waals surface area contributed by atoms with Crippen molar-refractivity contribution < 1.29 is 19.4 Å². The maximum atomic E-state index is 10.8. The van der Waals surface area contributed by atoms with E-state index in [4.69, 9.17) is 14.6 Å². The standard InChI is InChI=1S/C8H11BrN2O4/c1-14-6(15-2)4-11-3-5(9)10-7(11)8(12)13/h3,6H,4H2,1-2H3,(H,12,13). The first-order valence-corrected chi connectivity index (χ1v) is 4.89. The van der Waals surface area contributed by atoms with Crippen LogP contribution in [0.2, 0.25) is 0 Å². The molecule has 0 radical (unpaired) electrons. The van der Waals surface area contributed by atoms with Crippen LogP contribution in [0, 0.1) is 0 Å². The van der Waals surface area contributed by atoms with E-state index in [9.17, 15) is 4.79 Å². The third-order valence-corrected chi connectivity index (χ3v) is 2.19. The number of nitrogens with zero attached hydrogens (tertiary/aromatic N) is 2. The summed E-state index contributed by atoms with van der Waals surface area (Å²) < 4.78 is 11.8. The van der Waals surface area contributed by atoms with E-state index in [-0.39, 0.29) is 12.4 Å². The van der Waals surface area contributed by atoms with E-state index in [1.165, 1.54) is 18.8 Å². The number of methoxy groups -OCH3 is 2. The van der Waals surface area contributed by atoms with Gasteiger partial charge in [-0.05, 0) is 15.9 Å². The van der Waals surface area contributed by atoms with Crippen molar-refractivity contribution in [2.75, 3.05) is 14.2 Å². The SMILES string of the molecule is COC(Cn1cc(Br)nc1C(=O)O)OC. The monoisotopic (exact) mass is 278 g/mol. The summed E-state index contributed by atoms with van der Waals surface area (Å²) >= 11 is 3.11. The van der Waals surface area contributed by atoms with Gasteiger partial charge in [-0.3, -0.25) is 0 Å². The second-order valence-corrected chi connectivity index (χ2v) is 3.56. The number of hydrogen-bond donors (Lipinski definition) is 1. The third-order valence-electron chi connectivity index (χ3n) is 1.81. The lowest BCUT2D eigenvalue weighted by molar-refractivity contribution is -0.111. The van der Waals surface area contributed by atoms with Crippen molar-refractivity contribution in [2.24, 2.45) is 0 Å². The molecule has 0 unspecified atom stereocenters. The first-order valence-electron chi connectivity index (χ1n) is 4.10. The van der Waals surface area contributed by atoms with E-state index in [1.807, 2.05) is 0 Å². The Morgan fingerprint density at radius 2 is 2.27 bits per heavy atom. The molecule has 1 aromatic rings. The number of halogens is 1. The number of carbonyl (C=O) groups is 1. The van der Waals surface area contributed by atoms with Crippen molar-refractivity contribution in [1.82, 2.24) is 9.55 Å². The second-order valence-electron chi connectivity index (χ2n) is 2.75. The van der Waals surface area contributed by atoms with Crippen LogP contribution in [0.1, 0.15) is 10.6 Å². The molecule has 7 heteroatoms. The van der Waals surface area contributed by atoms with E-state index in [2.05, 4.69) is 20.9 Å².